The first-order valence-electron chi connectivity index (χ1n) is 10.5. The number of fused-ring (bicyclic) bond motifs is 1. The lowest BCUT2D eigenvalue weighted by molar-refractivity contribution is -0.116. The Morgan fingerprint density at radius 2 is 1.80 bits per heavy atom. The van der Waals surface area contributed by atoms with Gasteiger partial charge in [0.2, 0.25) is 5.91 Å². The van der Waals surface area contributed by atoms with Crippen molar-refractivity contribution in [1.82, 2.24) is 10.3 Å². The predicted molar refractivity (Wildman–Crippen MR) is 122 cm³/mol. The Balaban J connectivity index is 1.26. The summed E-state index contributed by atoms with van der Waals surface area (Å²) >= 11 is 1.38. The zero-order valence-corrected chi connectivity index (χ0v) is 17.6. The first-order chi connectivity index (χ1) is 14.7. The maximum atomic E-state index is 12.4. The van der Waals surface area contributed by atoms with Crippen LogP contribution in [0.3, 0.4) is 0 Å². The minimum atomic E-state index is -0.198. The van der Waals surface area contributed by atoms with E-state index >= 15 is 0 Å². The molecule has 0 bridgehead atoms. The van der Waals surface area contributed by atoms with Crippen LogP contribution >= 0.6 is 11.3 Å². The zero-order valence-electron chi connectivity index (χ0n) is 16.8. The number of rotatable bonds is 6. The Labute approximate surface area is 180 Å². The maximum Gasteiger partial charge on any atom is 0.321 e. The van der Waals surface area contributed by atoms with E-state index in [1.54, 1.807) is 0 Å². The van der Waals surface area contributed by atoms with Gasteiger partial charge in [0.15, 0.2) is 5.13 Å². The lowest BCUT2D eigenvalue weighted by Gasteiger charge is -2.22. The van der Waals surface area contributed by atoms with Crippen molar-refractivity contribution in [3.05, 3.63) is 53.5 Å². The number of amides is 3. The number of carbonyl (C=O) groups is 2. The second kappa shape index (κ2) is 9.71. The summed E-state index contributed by atoms with van der Waals surface area (Å²) in [5.74, 6) is -0.0519. The SMILES string of the molecule is O=C(CCc1csc(NC(=O)NC2CCCCC2)n1)Nc1cccc2ccccc12. The predicted octanol–water partition coefficient (Wildman–Crippen LogP) is 5.32. The third-order valence-corrected chi connectivity index (χ3v) is 6.19. The number of aryl methyl sites for hydroxylation is 1. The highest BCUT2D eigenvalue weighted by Gasteiger charge is 2.16. The van der Waals surface area contributed by atoms with Crippen LogP contribution in [0.25, 0.3) is 10.8 Å². The van der Waals surface area contributed by atoms with Gasteiger partial charge in [0, 0.05) is 28.9 Å². The average Bonchev–Trinajstić information content (AvgIpc) is 3.20. The smallest absolute Gasteiger partial charge is 0.321 e. The molecule has 0 aliphatic heterocycles. The van der Waals surface area contributed by atoms with E-state index in [9.17, 15) is 9.59 Å². The molecule has 156 valence electrons. The number of nitrogens with one attached hydrogen (secondary N) is 3. The van der Waals surface area contributed by atoms with Gasteiger partial charge >= 0.3 is 6.03 Å². The number of aromatic nitrogens is 1. The average molecular weight is 423 g/mol. The number of hydrogen-bond acceptors (Lipinski definition) is 4. The molecule has 0 atom stereocenters. The van der Waals surface area contributed by atoms with E-state index < -0.39 is 0 Å². The molecule has 1 aromatic heterocycles. The topological polar surface area (TPSA) is 83.1 Å². The van der Waals surface area contributed by atoms with E-state index in [0.29, 0.717) is 18.0 Å². The first kappa shape index (κ1) is 20.3. The molecule has 0 spiro atoms. The fourth-order valence-electron chi connectivity index (χ4n) is 3.83. The van der Waals surface area contributed by atoms with Crippen molar-refractivity contribution in [2.45, 2.75) is 51.0 Å². The molecule has 7 heteroatoms. The van der Waals surface area contributed by atoms with Crippen molar-refractivity contribution in [1.29, 1.82) is 0 Å². The first-order valence-corrected chi connectivity index (χ1v) is 11.3. The van der Waals surface area contributed by atoms with E-state index in [2.05, 4.69) is 20.9 Å². The third kappa shape index (κ3) is 5.36. The number of benzene rings is 2. The monoisotopic (exact) mass is 422 g/mol. The van der Waals surface area contributed by atoms with Crippen LogP contribution in [0.4, 0.5) is 15.6 Å². The highest BCUT2D eigenvalue weighted by molar-refractivity contribution is 7.13. The summed E-state index contributed by atoms with van der Waals surface area (Å²) in [6.07, 6.45) is 6.55. The van der Waals surface area contributed by atoms with Crippen LogP contribution in [0.5, 0.6) is 0 Å². The number of hydrogen-bond donors (Lipinski definition) is 3. The summed E-state index contributed by atoms with van der Waals surface area (Å²) in [7, 11) is 0. The van der Waals surface area contributed by atoms with Gasteiger partial charge in [-0.2, -0.15) is 0 Å². The Hall–Kier alpha value is -2.93. The van der Waals surface area contributed by atoms with Crippen LogP contribution in [0.2, 0.25) is 0 Å². The van der Waals surface area contributed by atoms with E-state index in [0.717, 1.165) is 35.0 Å². The molecule has 0 saturated heterocycles. The molecule has 30 heavy (non-hydrogen) atoms. The summed E-state index contributed by atoms with van der Waals surface area (Å²) in [5, 5.41) is 13.4. The van der Waals surface area contributed by atoms with Crippen molar-refractivity contribution in [3.63, 3.8) is 0 Å². The van der Waals surface area contributed by atoms with Crippen molar-refractivity contribution in [3.8, 4) is 0 Å². The number of thiazole rings is 1. The Morgan fingerprint density at radius 1 is 1.00 bits per heavy atom. The molecule has 2 aromatic carbocycles. The van der Waals surface area contributed by atoms with Gasteiger partial charge in [0.1, 0.15) is 0 Å². The summed E-state index contributed by atoms with van der Waals surface area (Å²) in [4.78, 5) is 29.0. The quantitative estimate of drug-likeness (QED) is 0.503. The lowest BCUT2D eigenvalue weighted by Crippen LogP contribution is -2.38. The Kier molecular flexibility index (Phi) is 6.59. The van der Waals surface area contributed by atoms with Gasteiger partial charge < -0.3 is 10.6 Å². The molecule has 1 saturated carbocycles. The molecule has 3 aromatic rings. The molecule has 4 rings (SSSR count). The van der Waals surface area contributed by atoms with Gasteiger partial charge in [-0.1, -0.05) is 55.7 Å². The molecule has 1 aliphatic rings. The van der Waals surface area contributed by atoms with Crippen molar-refractivity contribution >= 4 is 44.9 Å². The number of urea groups is 1. The molecule has 1 fully saturated rings. The van der Waals surface area contributed by atoms with Crippen LogP contribution in [-0.4, -0.2) is 23.0 Å². The normalized spacial score (nSPS) is 14.4. The molecular weight excluding hydrogens is 396 g/mol. The van der Waals surface area contributed by atoms with Crippen molar-refractivity contribution < 1.29 is 9.59 Å². The van der Waals surface area contributed by atoms with E-state index in [1.165, 1.54) is 30.6 Å². The van der Waals surface area contributed by atoms with Crippen molar-refractivity contribution in [2.24, 2.45) is 0 Å². The Bertz CT molecular complexity index is 1020. The number of nitrogens with zero attached hydrogens (tertiary/aromatic N) is 1. The summed E-state index contributed by atoms with van der Waals surface area (Å²) in [6.45, 7) is 0. The highest BCUT2D eigenvalue weighted by Crippen LogP contribution is 2.23. The highest BCUT2D eigenvalue weighted by atomic mass is 32.1. The van der Waals surface area contributed by atoms with Crippen LogP contribution in [0.1, 0.15) is 44.2 Å². The standard InChI is InChI=1S/C23H26N4O2S/c28-21(26-20-12-6-8-16-7-4-5-11-19(16)20)14-13-18-15-30-23(25-18)27-22(29)24-17-9-2-1-3-10-17/h4-8,11-12,15,17H,1-3,9-10,13-14H2,(H,26,28)(H2,24,25,27,29). The summed E-state index contributed by atoms with van der Waals surface area (Å²) in [6, 6.07) is 13.9. The number of carbonyl (C=O) groups excluding carboxylic acids is 2. The number of anilines is 2. The van der Waals surface area contributed by atoms with Gasteiger partial charge in [0.05, 0.1) is 5.69 Å². The molecule has 3 N–H and O–H groups in total. The van der Waals surface area contributed by atoms with Crippen LogP contribution in [0.15, 0.2) is 47.8 Å². The fourth-order valence-corrected chi connectivity index (χ4v) is 4.57. The lowest BCUT2D eigenvalue weighted by atomic mass is 9.96. The Morgan fingerprint density at radius 3 is 2.67 bits per heavy atom. The van der Waals surface area contributed by atoms with Crippen LogP contribution in [-0.2, 0) is 11.2 Å². The van der Waals surface area contributed by atoms with Gasteiger partial charge in [-0.3, -0.25) is 10.1 Å². The van der Waals surface area contributed by atoms with Gasteiger partial charge in [-0.05, 0) is 30.7 Å². The minimum Gasteiger partial charge on any atom is -0.335 e. The fraction of sp³-hybridized carbons (Fsp3) is 0.348. The molecule has 1 heterocycles. The summed E-state index contributed by atoms with van der Waals surface area (Å²) < 4.78 is 0. The molecular formula is C23H26N4O2S. The second-order valence-corrected chi connectivity index (χ2v) is 8.51. The summed E-state index contributed by atoms with van der Waals surface area (Å²) in [5.41, 5.74) is 1.62. The minimum absolute atomic E-state index is 0.0519. The van der Waals surface area contributed by atoms with Crippen LogP contribution < -0.4 is 16.0 Å². The van der Waals surface area contributed by atoms with Crippen LogP contribution in [0, 0.1) is 0 Å². The van der Waals surface area contributed by atoms with E-state index in [-0.39, 0.29) is 18.0 Å². The molecule has 0 unspecified atom stereocenters. The second-order valence-electron chi connectivity index (χ2n) is 7.65. The van der Waals surface area contributed by atoms with E-state index in [4.69, 9.17) is 0 Å². The molecule has 6 nitrogen and oxygen atoms in total. The largest absolute Gasteiger partial charge is 0.335 e. The van der Waals surface area contributed by atoms with Gasteiger partial charge in [-0.25, -0.2) is 9.78 Å². The molecule has 1 aliphatic carbocycles. The molecule has 3 amide bonds. The maximum absolute atomic E-state index is 12.4. The zero-order chi connectivity index (χ0) is 20.8. The van der Waals surface area contributed by atoms with Gasteiger partial charge in [-0.15, -0.1) is 11.3 Å². The van der Waals surface area contributed by atoms with E-state index in [1.807, 2.05) is 47.8 Å². The molecule has 0 radical (unpaired) electrons. The third-order valence-electron chi connectivity index (χ3n) is 5.38. The van der Waals surface area contributed by atoms with Crippen molar-refractivity contribution in [2.75, 3.05) is 10.6 Å². The van der Waals surface area contributed by atoms with Gasteiger partial charge in [0.25, 0.3) is 0 Å².